The number of carbonyl (C=O) groups is 1. The highest BCUT2D eigenvalue weighted by Gasteiger charge is 2.29. The Balaban J connectivity index is 2.02. The largest absolute Gasteiger partial charge is 0.493 e. The SMILES string of the molecule is O=C(c1cc(Cl)ccc1Cl)C1CCOc2ccccc21. The van der Waals surface area contributed by atoms with Gasteiger partial charge in [-0.15, -0.1) is 0 Å². The first-order valence-corrected chi connectivity index (χ1v) is 7.13. The van der Waals surface area contributed by atoms with Crippen molar-refractivity contribution >= 4 is 29.0 Å². The van der Waals surface area contributed by atoms with Gasteiger partial charge in [-0.1, -0.05) is 41.4 Å². The highest BCUT2D eigenvalue weighted by Crippen LogP contribution is 2.37. The van der Waals surface area contributed by atoms with E-state index < -0.39 is 0 Å². The van der Waals surface area contributed by atoms with E-state index in [2.05, 4.69) is 0 Å². The van der Waals surface area contributed by atoms with E-state index in [4.69, 9.17) is 27.9 Å². The molecule has 102 valence electrons. The standard InChI is InChI=1S/C16H12Cl2O2/c17-10-5-6-14(18)13(9-10)16(19)12-7-8-20-15-4-2-1-3-11(12)15/h1-6,9,12H,7-8H2. The molecule has 2 nitrogen and oxygen atoms in total. The zero-order valence-electron chi connectivity index (χ0n) is 10.6. The van der Waals surface area contributed by atoms with Gasteiger partial charge in [-0.2, -0.15) is 0 Å². The second-order valence-electron chi connectivity index (χ2n) is 4.72. The van der Waals surface area contributed by atoms with E-state index in [0.717, 1.165) is 11.3 Å². The maximum atomic E-state index is 12.7. The van der Waals surface area contributed by atoms with Crippen LogP contribution in [0.25, 0.3) is 0 Å². The second kappa shape index (κ2) is 5.47. The normalized spacial score (nSPS) is 17.2. The third-order valence-electron chi connectivity index (χ3n) is 3.47. The second-order valence-corrected chi connectivity index (χ2v) is 5.56. The summed E-state index contributed by atoms with van der Waals surface area (Å²) >= 11 is 12.1. The van der Waals surface area contributed by atoms with Gasteiger partial charge in [-0.3, -0.25) is 4.79 Å². The number of fused-ring (bicyclic) bond motifs is 1. The molecule has 0 N–H and O–H groups in total. The van der Waals surface area contributed by atoms with Crippen LogP contribution in [0.1, 0.15) is 28.3 Å². The number of rotatable bonds is 2. The summed E-state index contributed by atoms with van der Waals surface area (Å²) in [5.41, 5.74) is 1.39. The van der Waals surface area contributed by atoms with Crippen molar-refractivity contribution in [2.45, 2.75) is 12.3 Å². The van der Waals surface area contributed by atoms with Crippen LogP contribution in [0.2, 0.25) is 10.0 Å². The number of benzene rings is 2. The van der Waals surface area contributed by atoms with Crippen LogP contribution in [-0.2, 0) is 0 Å². The molecule has 3 rings (SSSR count). The average molecular weight is 307 g/mol. The lowest BCUT2D eigenvalue weighted by Crippen LogP contribution is -2.21. The van der Waals surface area contributed by atoms with Crippen LogP contribution < -0.4 is 4.74 Å². The summed E-state index contributed by atoms with van der Waals surface area (Å²) in [5, 5.41) is 0.946. The van der Waals surface area contributed by atoms with Crippen LogP contribution >= 0.6 is 23.2 Å². The van der Waals surface area contributed by atoms with Crippen molar-refractivity contribution < 1.29 is 9.53 Å². The third-order valence-corrected chi connectivity index (χ3v) is 4.03. The molecule has 1 aliphatic heterocycles. The molecule has 1 atom stereocenters. The summed E-state index contributed by atoms with van der Waals surface area (Å²) in [5.74, 6) is 0.541. The van der Waals surface area contributed by atoms with Crippen LogP contribution in [-0.4, -0.2) is 12.4 Å². The Hall–Kier alpha value is -1.51. The Kier molecular flexibility index (Phi) is 3.68. The summed E-state index contributed by atoms with van der Waals surface area (Å²) in [6.07, 6.45) is 0.651. The monoisotopic (exact) mass is 306 g/mol. The van der Waals surface area contributed by atoms with Gasteiger partial charge in [-0.05, 0) is 30.7 Å². The van der Waals surface area contributed by atoms with E-state index >= 15 is 0 Å². The highest BCUT2D eigenvalue weighted by atomic mass is 35.5. The molecular weight excluding hydrogens is 295 g/mol. The Bertz CT molecular complexity index is 667. The first kappa shape index (κ1) is 13.5. The van der Waals surface area contributed by atoms with Crippen molar-refractivity contribution in [3.05, 3.63) is 63.6 Å². The van der Waals surface area contributed by atoms with Gasteiger partial charge in [0.1, 0.15) is 5.75 Å². The van der Waals surface area contributed by atoms with Crippen LogP contribution in [0.15, 0.2) is 42.5 Å². The van der Waals surface area contributed by atoms with Gasteiger partial charge in [0.05, 0.1) is 17.5 Å². The number of ether oxygens (including phenoxy) is 1. The molecule has 20 heavy (non-hydrogen) atoms. The van der Waals surface area contributed by atoms with Crippen molar-refractivity contribution in [2.75, 3.05) is 6.61 Å². The molecule has 0 radical (unpaired) electrons. The summed E-state index contributed by atoms with van der Waals surface area (Å²) in [7, 11) is 0. The predicted molar refractivity (Wildman–Crippen MR) is 80.1 cm³/mol. The fraction of sp³-hybridized carbons (Fsp3) is 0.188. The van der Waals surface area contributed by atoms with E-state index in [1.54, 1.807) is 18.2 Å². The molecule has 1 heterocycles. The van der Waals surface area contributed by atoms with Gasteiger partial charge in [0.2, 0.25) is 0 Å². The minimum absolute atomic E-state index is 0.00625. The molecular formula is C16H12Cl2O2. The molecule has 2 aromatic rings. The molecule has 0 amide bonds. The van der Waals surface area contributed by atoms with Crippen LogP contribution in [0.5, 0.6) is 5.75 Å². The molecule has 0 fully saturated rings. The molecule has 4 heteroatoms. The number of Topliss-reactive ketones (excluding diaryl/α,β-unsaturated/α-hetero) is 1. The quantitative estimate of drug-likeness (QED) is 0.749. The number of hydrogen-bond donors (Lipinski definition) is 0. The Morgan fingerprint density at radius 3 is 2.80 bits per heavy atom. The number of ketones is 1. The van der Waals surface area contributed by atoms with E-state index in [-0.39, 0.29) is 11.7 Å². The number of para-hydroxylation sites is 1. The molecule has 0 saturated carbocycles. The smallest absolute Gasteiger partial charge is 0.172 e. The maximum Gasteiger partial charge on any atom is 0.172 e. The molecule has 0 aromatic heterocycles. The van der Waals surface area contributed by atoms with E-state index in [1.807, 2.05) is 24.3 Å². The van der Waals surface area contributed by atoms with Gasteiger partial charge in [0.25, 0.3) is 0 Å². The minimum atomic E-state index is -0.226. The first-order chi connectivity index (χ1) is 9.66. The van der Waals surface area contributed by atoms with E-state index in [1.165, 1.54) is 0 Å². The van der Waals surface area contributed by atoms with Crippen molar-refractivity contribution in [2.24, 2.45) is 0 Å². The molecule has 1 aliphatic rings. The zero-order chi connectivity index (χ0) is 14.1. The first-order valence-electron chi connectivity index (χ1n) is 6.38. The van der Waals surface area contributed by atoms with Crippen molar-refractivity contribution in [3.63, 3.8) is 0 Å². The number of carbonyl (C=O) groups excluding carboxylic acids is 1. The van der Waals surface area contributed by atoms with Gasteiger partial charge in [0, 0.05) is 16.1 Å². The fourth-order valence-electron chi connectivity index (χ4n) is 2.49. The topological polar surface area (TPSA) is 26.3 Å². The van der Waals surface area contributed by atoms with Crippen LogP contribution in [0, 0.1) is 0 Å². The van der Waals surface area contributed by atoms with Crippen LogP contribution in [0.4, 0.5) is 0 Å². The summed E-state index contributed by atoms with van der Waals surface area (Å²) in [4.78, 5) is 12.7. The Morgan fingerprint density at radius 1 is 1.15 bits per heavy atom. The summed E-state index contributed by atoms with van der Waals surface area (Å²) in [6, 6.07) is 12.6. The third kappa shape index (κ3) is 2.41. The van der Waals surface area contributed by atoms with E-state index in [9.17, 15) is 4.79 Å². The predicted octanol–water partition coefficient (Wildman–Crippen LogP) is 4.74. The lowest BCUT2D eigenvalue weighted by Gasteiger charge is -2.25. The summed E-state index contributed by atoms with van der Waals surface area (Å²) in [6.45, 7) is 0.533. The minimum Gasteiger partial charge on any atom is -0.493 e. The highest BCUT2D eigenvalue weighted by molar-refractivity contribution is 6.36. The van der Waals surface area contributed by atoms with Gasteiger partial charge in [0.15, 0.2) is 5.78 Å². The van der Waals surface area contributed by atoms with Crippen LogP contribution in [0.3, 0.4) is 0 Å². The lowest BCUT2D eigenvalue weighted by atomic mass is 9.86. The Morgan fingerprint density at radius 2 is 1.95 bits per heavy atom. The van der Waals surface area contributed by atoms with E-state index in [0.29, 0.717) is 28.6 Å². The number of halogens is 2. The molecule has 0 spiro atoms. The van der Waals surface area contributed by atoms with Gasteiger partial charge >= 0.3 is 0 Å². The van der Waals surface area contributed by atoms with Crippen molar-refractivity contribution in [1.82, 2.24) is 0 Å². The van der Waals surface area contributed by atoms with Gasteiger partial charge in [-0.25, -0.2) is 0 Å². The Labute approximate surface area is 127 Å². The maximum absolute atomic E-state index is 12.7. The lowest BCUT2D eigenvalue weighted by molar-refractivity contribution is 0.0933. The summed E-state index contributed by atoms with van der Waals surface area (Å²) < 4.78 is 5.58. The zero-order valence-corrected chi connectivity index (χ0v) is 12.1. The molecule has 0 aliphatic carbocycles. The molecule has 0 bridgehead atoms. The van der Waals surface area contributed by atoms with Gasteiger partial charge < -0.3 is 4.74 Å². The molecule has 2 aromatic carbocycles. The van der Waals surface area contributed by atoms with Crippen molar-refractivity contribution in [3.8, 4) is 5.75 Å². The fourth-order valence-corrected chi connectivity index (χ4v) is 2.87. The average Bonchev–Trinajstić information content (AvgIpc) is 2.48. The molecule has 1 unspecified atom stereocenters. The molecule has 0 saturated heterocycles. The van der Waals surface area contributed by atoms with Crippen molar-refractivity contribution in [1.29, 1.82) is 0 Å². The number of hydrogen-bond acceptors (Lipinski definition) is 2.